The first-order chi connectivity index (χ1) is 9.52. The van der Waals surface area contributed by atoms with Gasteiger partial charge in [-0.3, -0.25) is 15.0 Å². The first-order valence-corrected chi connectivity index (χ1v) is 7.48. The number of carbonyl (C=O) groups excluding carboxylic acids is 2. The topological polar surface area (TPSA) is 81.7 Å². The molecule has 0 radical (unpaired) electrons. The average molecular weight is 285 g/mol. The van der Waals surface area contributed by atoms with Gasteiger partial charge < -0.3 is 10.4 Å². The number of rotatable bonds is 6. The van der Waals surface area contributed by atoms with Gasteiger partial charge in [0.15, 0.2) is 0 Å². The summed E-state index contributed by atoms with van der Waals surface area (Å²) >= 11 is 0. The molecule has 3 N–H and O–H groups in total. The lowest BCUT2D eigenvalue weighted by atomic mass is 9.94. The smallest absolute Gasteiger partial charge is 0.321 e. The SMILES string of the molecule is CC(C)NC(=O)NC(=O)CN(CCO)C1CCCCC1. The highest BCUT2D eigenvalue weighted by molar-refractivity contribution is 5.95. The summed E-state index contributed by atoms with van der Waals surface area (Å²) in [5, 5.41) is 14.1. The number of aliphatic hydroxyl groups is 1. The fourth-order valence-electron chi connectivity index (χ4n) is 2.61. The zero-order valence-corrected chi connectivity index (χ0v) is 12.5. The molecule has 0 aromatic carbocycles. The monoisotopic (exact) mass is 285 g/mol. The summed E-state index contributed by atoms with van der Waals surface area (Å²) < 4.78 is 0. The third kappa shape index (κ3) is 6.34. The Morgan fingerprint density at radius 3 is 2.45 bits per heavy atom. The Kier molecular flexibility index (Phi) is 7.54. The van der Waals surface area contributed by atoms with E-state index in [1.165, 1.54) is 19.3 Å². The van der Waals surface area contributed by atoms with E-state index in [0.717, 1.165) is 12.8 Å². The van der Waals surface area contributed by atoms with Crippen LogP contribution in [-0.2, 0) is 4.79 Å². The molecule has 1 aliphatic rings. The number of nitrogens with one attached hydrogen (secondary N) is 2. The lowest BCUT2D eigenvalue weighted by Gasteiger charge is -2.33. The Balaban J connectivity index is 2.43. The van der Waals surface area contributed by atoms with E-state index in [4.69, 9.17) is 5.11 Å². The molecule has 0 spiro atoms. The van der Waals surface area contributed by atoms with E-state index in [2.05, 4.69) is 10.6 Å². The van der Waals surface area contributed by atoms with E-state index in [0.29, 0.717) is 12.6 Å². The normalized spacial score (nSPS) is 16.4. The predicted octanol–water partition coefficient (Wildman–Crippen LogP) is 0.848. The molecular formula is C14H27N3O3. The van der Waals surface area contributed by atoms with Gasteiger partial charge in [-0.1, -0.05) is 19.3 Å². The number of aliphatic hydroxyl groups excluding tert-OH is 1. The number of carbonyl (C=O) groups is 2. The molecule has 0 aromatic heterocycles. The molecular weight excluding hydrogens is 258 g/mol. The second-order valence-electron chi connectivity index (χ2n) is 5.66. The lowest BCUT2D eigenvalue weighted by molar-refractivity contribution is -0.122. The molecule has 20 heavy (non-hydrogen) atoms. The average Bonchev–Trinajstić information content (AvgIpc) is 2.38. The molecule has 0 bridgehead atoms. The van der Waals surface area contributed by atoms with Crippen molar-refractivity contribution >= 4 is 11.9 Å². The summed E-state index contributed by atoms with van der Waals surface area (Å²) in [6.07, 6.45) is 5.70. The van der Waals surface area contributed by atoms with Crippen LogP contribution in [0.2, 0.25) is 0 Å². The van der Waals surface area contributed by atoms with Crippen LogP contribution in [0.25, 0.3) is 0 Å². The van der Waals surface area contributed by atoms with Gasteiger partial charge in [-0.2, -0.15) is 0 Å². The van der Waals surface area contributed by atoms with Crippen molar-refractivity contribution in [2.24, 2.45) is 0 Å². The minimum Gasteiger partial charge on any atom is -0.395 e. The van der Waals surface area contributed by atoms with Crippen molar-refractivity contribution in [1.82, 2.24) is 15.5 Å². The molecule has 6 nitrogen and oxygen atoms in total. The Morgan fingerprint density at radius 1 is 1.25 bits per heavy atom. The summed E-state index contributed by atoms with van der Waals surface area (Å²) in [5.41, 5.74) is 0. The molecule has 0 aliphatic heterocycles. The Hall–Kier alpha value is -1.14. The third-order valence-electron chi connectivity index (χ3n) is 3.50. The molecule has 6 heteroatoms. The van der Waals surface area contributed by atoms with E-state index in [1.807, 2.05) is 18.7 Å². The molecule has 3 amide bonds. The second kappa shape index (κ2) is 8.92. The summed E-state index contributed by atoms with van der Waals surface area (Å²) in [6.45, 7) is 4.34. The van der Waals surface area contributed by atoms with Gasteiger partial charge in [-0.05, 0) is 26.7 Å². The standard InChI is InChI=1S/C14H27N3O3/c1-11(2)15-14(20)16-13(19)10-17(8-9-18)12-6-4-3-5-7-12/h11-12,18H,3-10H2,1-2H3,(H2,15,16,19,20). The molecule has 1 rings (SSSR count). The molecule has 0 aromatic rings. The van der Waals surface area contributed by atoms with Crippen molar-refractivity contribution in [3.05, 3.63) is 0 Å². The maximum absolute atomic E-state index is 11.9. The largest absolute Gasteiger partial charge is 0.395 e. The number of hydrogen-bond acceptors (Lipinski definition) is 4. The van der Waals surface area contributed by atoms with Crippen LogP contribution in [0.1, 0.15) is 46.0 Å². The van der Waals surface area contributed by atoms with E-state index < -0.39 is 6.03 Å². The lowest BCUT2D eigenvalue weighted by Crippen LogP contribution is -2.49. The van der Waals surface area contributed by atoms with E-state index >= 15 is 0 Å². The first-order valence-electron chi connectivity index (χ1n) is 7.48. The van der Waals surface area contributed by atoms with Gasteiger partial charge in [0.1, 0.15) is 0 Å². The highest BCUT2D eigenvalue weighted by atomic mass is 16.3. The van der Waals surface area contributed by atoms with Crippen LogP contribution in [0.15, 0.2) is 0 Å². The number of hydrogen-bond donors (Lipinski definition) is 3. The number of nitrogens with zero attached hydrogens (tertiary/aromatic N) is 1. The van der Waals surface area contributed by atoms with Crippen molar-refractivity contribution in [1.29, 1.82) is 0 Å². The summed E-state index contributed by atoms with van der Waals surface area (Å²) in [6, 6.07) is -0.123. The minimum atomic E-state index is -0.461. The minimum absolute atomic E-state index is 0.00492. The van der Waals surface area contributed by atoms with Crippen LogP contribution in [0.4, 0.5) is 4.79 Å². The molecule has 0 saturated heterocycles. The number of imide groups is 1. The van der Waals surface area contributed by atoms with Crippen LogP contribution in [0.5, 0.6) is 0 Å². The quantitative estimate of drug-likeness (QED) is 0.675. The summed E-state index contributed by atoms with van der Waals surface area (Å²) in [7, 11) is 0. The van der Waals surface area contributed by atoms with E-state index in [9.17, 15) is 9.59 Å². The fraction of sp³-hybridized carbons (Fsp3) is 0.857. The molecule has 116 valence electrons. The van der Waals surface area contributed by atoms with Gasteiger partial charge in [-0.15, -0.1) is 0 Å². The maximum atomic E-state index is 11.9. The van der Waals surface area contributed by atoms with Crippen LogP contribution < -0.4 is 10.6 Å². The highest BCUT2D eigenvalue weighted by Crippen LogP contribution is 2.22. The molecule has 0 heterocycles. The van der Waals surface area contributed by atoms with Crippen molar-refractivity contribution in [3.8, 4) is 0 Å². The molecule has 0 atom stereocenters. The van der Waals surface area contributed by atoms with Gasteiger partial charge in [-0.25, -0.2) is 4.79 Å². The van der Waals surface area contributed by atoms with E-state index in [1.54, 1.807) is 0 Å². The van der Waals surface area contributed by atoms with E-state index in [-0.39, 0.29) is 25.1 Å². The second-order valence-corrected chi connectivity index (χ2v) is 5.66. The molecule has 0 unspecified atom stereocenters. The van der Waals surface area contributed by atoms with Gasteiger partial charge >= 0.3 is 6.03 Å². The zero-order chi connectivity index (χ0) is 15.0. The molecule has 1 aliphatic carbocycles. The van der Waals surface area contributed by atoms with Crippen LogP contribution in [0, 0.1) is 0 Å². The van der Waals surface area contributed by atoms with Gasteiger partial charge in [0.25, 0.3) is 0 Å². The van der Waals surface area contributed by atoms with Crippen molar-refractivity contribution < 1.29 is 14.7 Å². The molecule has 1 saturated carbocycles. The molecule has 1 fully saturated rings. The van der Waals surface area contributed by atoms with Crippen molar-refractivity contribution in [2.45, 2.75) is 58.0 Å². The zero-order valence-electron chi connectivity index (χ0n) is 12.5. The maximum Gasteiger partial charge on any atom is 0.321 e. The Labute approximate surface area is 120 Å². The number of amides is 3. The number of urea groups is 1. The van der Waals surface area contributed by atoms with Gasteiger partial charge in [0.05, 0.1) is 13.2 Å². The Bertz CT molecular complexity index is 315. The fourth-order valence-corrected chi connectivity index (χ4v) is 2.61. The third-order valence-corrected chi connectivity index (χ3v) is 3.50. The van der Waals surface area contributed by atoms with Crippen LogP contribution in [-0.4, -0.2) is 53.7 Å². The predicted molar refractivity (Wildman–Crippen MR) is 77.3 cm³/mol. The van der Waals surface area contributed by atoms with Crippen molar-refractivity contribution in [3.63, 3.8) is 0 Å². The van der Waals surface area contributed by atoms with Gasteiger partial charge in [0, 0.05) is 18.6 Å². The van der Waals surface area contributed by atoms with Crippen LogP contribution in [0.3, 0.4) is 0 Å². The Morgan fingerprint density at radius 2 is 1.90 bits per heavy atom. The van der Waals surface area contributed by atoms with Crippen LogP contribution >= 0.6 is 0 Å². The summed E-state index contributed by atoms with van der Waals surface area (Å²) in [4.78, 5) is 25.3. The summed E-state index contributed by atoms with van der Waals surface area (Å²) in [5.74, 6) is -0.317. The highest BCUT2D eigenvalue weighted by Gasteiger charge is 2.23. The van der Waals surface area contributed by atoms with Gasteiger partial charge in [0.2, 0.25) is 5.91 Å². The first kappa shape index (κ1) is 16.9. The van der Waals surface area contributed by atoms with Crippen molar-refractivity contribution in [2.75, 3.05) is 19.7 Å².